The molecule has 0 heterocycles. The van der Waals surface area contributed by atoms with E-state index in [1.54, 1.807) is 0 Å². The number of aliphatic hydroxyl groups excluding tert-OH is 1. The van der Waals surface area contributed by atoms with Crippen molar-refractivity contribution < 1.29 is 24.2 Å². The quantitative estimate of drug-likeness (QED) is 0.0380. The van der Waals surface area contributed by atoms with Crippen LogP contribution >= 0.6 is 0 Å². The lowest BCUT2D eigenvalue weighted by Gasteiger charge is -2.15. The van der Waals surface area contributed by atoms with Gasteiger partial charge in [0.05, 0.1) is 6.61 Å². The Morgan fingerprint density at radius 2 is 0.782 bits per heavy atom. The number of carbonyl (C=O) groups excluding carboxylic acids is 2. The average Bonchev–Trinajstić information content (AvgIpc) is 3.19. The van der Waals surface area contributed by atoms with E-state index < -0.39 is 6.10 Å². The molecule has 0 aromatic rings. The number of rotatable bonds is 43. The SMILES string of the molecule is CC/C=C\C/C=C\C/C=C\C/C=C\CCCCCCC(=O)OC(CO)COC(=O)CCCCCCCCCCCCCCCCCCCCCCCCCC. The number of unbranched alkanes of at least 4 members (excludes halogenated alkanes) is 27. The predicted molar refractivity (Wildman–Crippen MR) is 237 cm³/mol. The lowest BCUT2D eigenvalue weighted by atomic mass is 10.0. The molecule has 1 unspecified atom stereocenters. The molecule has 1 atom stereocenters. The first-order chi connectivity index (χ1) is 27.1. The van der Waals surface area contributed by atoms with Gasteiger partial charge in [-0.25, -0.2) is 0 Å². The van der Waals surface area contributed by atoms with Crippen molar-refractivity contribution in [3.63, 3.8) is 0 Å². The smallest absolute Gasteiger partial charge is 0.306 e. The first kappa shape index (κ1) is 52.9. The summed E-state index contributed by atoms with van der Waals surface area (Å²) in [5.74, 6) is -0.611. The molecule has 0 aromatic heterocycles. The topological polar surface area (TPSA) is 72.8 Å². The van der Waals surface area contributed by atoms with Crippen LogP contribution in [-0.2, 0) is 19.1 Å². The molecule has 0 aliphatic heterocycles. The van der Waals surface area contributed by atoms with Crippen molar-refractivity contribution >= 4 is 11.9 Å². The predicted octanol–water partition coefficient (Wildman–Crippen LogP) is 15.4. The Morgan fingerprint density at radius 1 is 0.436 bits per heavy atom. The zero-order valence-corrected chi connectivity index (χ0v) is 36.4. The highest BCUT2D eigenvalue weighted by Gasteiger charge is 2.16. The third-order valence-electron chi connectivity index (χ3n) is 10.4. The molecular formula is C50H90O5. The van der Waals surface area contributed by atoms with Gasteiger partial charge in [0, 0.05) is 12.8 Å². The van der Waals surface area contributed by atoms with E-state index in [0.717, 1.165) is 77.0 Å². The van der Waals surface area contributed by atoms with E-state index >= 15 is 0 Å². The molecule has 5 heteroatoms. The second kappa shape index (κ2) is 46.2. The summed E-state index contributed by atoms with van der Waals surface area (Å²) in [4.78, 5) is 24.4. The van der Waals surface area contributed by atoms with Crippen molar-refractivity contribution in [2.75, 3.05) is 13.2 Å². The summed E-state index contributed by atoms with van der Waals surface area (Å²) in [6.45, 7) is 4.03. The number of hydrogen-bond acceptors (Lipinski definition) is 5. The van der Waals surface area contributed by atoms with Crippen LogP contribution in [0, 0.1) is 0 Å². The lowest BCUT2D eigenvalue weighted by Crippen LogP contribution is -2.28. The van der Waals surface area contributed by atoms with Gasteiger partial charge in [0.1, 0.15) is 6.61 Å². The Balaban J connectivity index is 3.50. The lowest BCUT2D eigenvalue weighted by molar-refractivity contribution is -0.161. The van der Waals surface area contributed by atoms with Gasteiger partial charge in [0.2, 0.25) is 0 Å². The van der Waals surface area contributed by atoms with Crippen molar-refractivity contribution in [1.29, 1.82) is 0 Å². The summed E-state index contributed by atoms with van der Waals surface area (Å²) in [6, 6.07) is 0. The van der Waals surface area contributed by atoms with Gasteiger partial charge in [-0.15, -0.1) is 0 Å². The Labute approximate surface area is 341 Å². The second-order valence-corrected chi connectivity index (χ2v) is 15.8. The molecule has 0 aliphatic rings. The summed E-state index contributed by atoms with van der Waals surface area (Å²) in [5, 5.41) is 9.59. The molecule has 0 aliphatic carbocycles. The maximum absolute atomic E-state index is 12.2. The Bertz CT molecular complexity index is 919. The van der Waals surface area contributed by atoms with E-state index in [-0.39, 0.29) is 25.2 Å². The summed E-state index contributed by atoms with van der Waals surface area (Å²) >= 11 is 0. The number of esters is 2. The van der Waals surface area contributed by atoms with Crippen molar-refractivity contribution in [3.8, 4) is 0 Å². The van der Waals surface area contributed by atoms with Crippen LogP contribution in [0.5, 0.6) is 0 Å². The third-order valence-corrected chi connectivity index (χ3v) is 10.4. The normalized spacial score (nSPS) is 12.6. The van der Waals surface area contributed by atoms with Gasteiger partial charge in [-0.2, -0.15) is 0 Å². The fourth-order valence-corrected chi connectivity index (χ4v) is 6.84. The molecule has 0 bridgehead atoms. The molecule has 0 saturated heterocycles. The van der Waals surface area contributed by atoms with E-state index in [2.05, 4.69) is 62.5 Å². The molecule has 1 N–H and O–H groups in total. The van der Waals surface area contributed by atoms with Gasteiger partial charge in [-0.1, -0.05) is 223 Å². The van der Waals surface area contributed by atoms with Crippen LogP contribution in [0.3, 0.4) is 0 Å². The van der Waals surface area contributed by atoms with Gasteiger partial charge in [-0.05, 0) is 51.4 Å². The van der Waals surface area contributed by atoms with E-state index in [9.17, 15) is 14.7 Å². The van der Waals surface area contributed by atoms with E-state index in [4.69, 9.17) is 9.47 Å². The Hall–Kier alpha value is -2.14. The molecule has 0 amide bonds. The van der Waals surface area contributed by atoms with Crippen LogP contribution in [0.25, 0.3) is 0 Å². The van der Waals surface area contributed by atoms with Gasteiger partial charge < -0.3 is 14.6 Å². The molecule has 0 aromatic carbocycles. The molecule has 55 heavy (non-hydrogen) atoms. The maximum atomic E-state index is 12.2. The minimum absolute atomic E-state index is 0.0741. The van der Waals surface area contributed by atoms with Crippen molar-refractivity contribution in [2.45, 2.75) is 245 Å². The highest BCUT2D eigenvalue weighted by atomic mass is 16.6. The van der Waals surface area contributed by atoms with Crippen LogP contribution < -0.4 is 0 Å². The number of aliphatic hydroxyl groups is 1. The highest BCUT2D eigenvalue weighted by molar-refractivity contribution is 5.70. The van der Waals surface area contributed by atoms with E-state index in [0.29, 0.717) is 12.8 Å². The van der Waals surface area contributed by atoms with Gasteiger partial charge in [-0.3, -0.25) is 9.59 Å². The molecule has 320 valence electrons. The summed E-state index contributed by atoms with van der Waals surface area (Å²) in [7, 11) is 0. The first-order valence-electron chi connectivity index (χ1n) is 23.7. The molecule has 0 fully saturated rings. The summed E-state index contributed by atoms with van der Waals surface area (Å²) in [6.07, 6.45) is 59.1. The molecule has 0 spiro atoms. The van der Waals surface area contributed by atoms with Crippen molar-refractivity contribution in [3.05, 3.63) is 48.6 Å². The second-order valence-electron chi connectivity index (χ2n) is 15.8. The molecule has 0 saturated carbocycles. The largest absolute Gasteiger partial charge is 0.462 e. The Morgan fingerprint density at radius 3 is 1.18 bits per heavy atom. The Kier molecular flexibility index (Phi) is 44.4. The number of allylic oxidation sites excluding steroid dienone is 8. The van der Waals surface area contributed by atoms with Gasteiger partial charge in [0.15, 0.2) is 6.10 Å². The van der Waals surface area contributed by atoms with Crippen LogP contribution in [-0.4, -0.2) is 36.4 Å². The zero-order chi connectivity index (χ0) is 40.0. The monoisotopic (exact) mass is 771 g/mol. The number of carbonyl (C=O) groups is 2. The molecular weight excluding hydrogens is 681 g/mol. The first-order valence-corrected chi connectivity index (χ1v) is 23.7. The van der Waals surface area contributed by atoms with Gasteiger partial charge >= 0.3 is 11.9 Å². The minimum Gasteiger partial charge on any atom is -0.462 e. The zero-order valence-electron chi connectivity index (χ0n) is 36.4. The summed E-state index contributed by atoms with van der Waals surface area (Å²) in [5.41, 5.74) is 0. The highest BCUT2D eigenvalue weighted by Crippen LogP contribution is 2.16. The third kappa shape index (κ3) is 44.4. The van der Waals surface area contributed by atoms with E-state index in [1.807, 2.05) is 0 Å². The average molecular weight is 771 g/mol. The van der Waals surface area contributed by atoms with E-state index in [1.165, 1.54) is 135 Å². The van der Waals surface area contributed by atoms with Crippen LogP contribution in [0.4, 0.5) is 0 Å². The fraction of sp³-hybridized carbons (Fsp3) is 0.800. The number of hydrogen-bond donors (Lipinski definition) is 1. The summed E-state index contributed by atoms with van der Waals surface area (Å²) < 4.78 is 10.6. The fourth-order valence-electron chi connectivity index (χ4n) is 6.84. The van der Waals surface area contributed by atoms with Gasteiger partial charge in [0.25, 0.3) is 0 Å². The molecule has 0 radical (unpaired) electrons. The maximum Gasteiger partial charge on any atom is 0.306 e. The van der Waals surface area contributed by atoms with Crippen molar-refractivity contribution in [1.82, 2.24) is 0 Å². The number of ether oxygens (including phenoxy) is 2. The molecule has 5 nitrogen and oxygen atoms in total. The van der Waals surface area contributed by atoms with Crippen LogP contribution in [0.15, 0.2) is 48.6 Å². The standard InChI is InChI=1S/C50H90O5/c1-3-5-7-9-11-13-15-17-19-21-22-23-24-25-26-27-29-30-32-34-36-38-40-42-44-49(52)54-47-48(46-51)55-50(53)45-43-41-39-37-35-33-31-28-20-18-16-14-12-10-8-6-4-2/h6,8,12,14,18,20,31,33,48,51H,3-5,7,9-11,13,15-17,19,21-30,32,34-47H2,1-2H3/b8-6-,14-12-,20-18-,33-31-. The van der Waals surface area contributed by atoms with Crippen molar-refractivity contribution in [2.24, 2.45) is 0 Å². The molecule has 0 rings (SSSR count). The van der Waals surface area contributed by atoms with Crippen LogP contribution in [0.2, 0.25) is 0 Å². The van der Waals surface area contributed by atoms with Crippen LogP contribution in [0.1, 0.15) is 239 Å². The minimum atomic E-state index is -0.783.